The van der Waals surface area contributed by atoms with E-state index in [0.29, 0.717) is 29.3 Å². The number of halogens is 1. The molecule has 1 atom stereocenters. The highest BCUT2D eigenvalue weighted by Gasteiger charge is 2.27. The first-order chi connectivity index (χ1) is 11.2. The smallest absolute Gasteiger partial charge is 0.246 e. The fraction of sp³-hybridized carbons (Fsp3) is 0.222. The van der Waals surface area contributed by atoms with Gasteiger partial charge in [-0.2, -0.15) is 4.98 Å². The van der Waals surface area contributed by atoms with Crippen LogP contribution in [0.3, 0.4) is 0 Å². The number of rotatable bonds is 3. The van der Waals surface area contributed by atoms with Gasteiger partial charge in [-0.15, -0.1) is 0 Å². The van der Waals surface area contributed by atoms with Crippen LogP contribution in [0.15, 0.2) is 53.1 Å². The third-order valence-corrected chi connectivity index (χ3v) is 4.48. The standard InChI is InChI=1S/C18H16ClN3O/c1-12-10-14-4-2-3-5-16(14)22(12)11-17-20-18(21-23-17)13-6-8-15(19)9-7-13/h2-9,12H,10-11H2,1H3/t12-/m0/s1. The Morgan fingerprint density at radius 2 is 1.96 bits per heavy atom. The van der Waals surface area contributed by atoms with E-state index in [-0.39, 0.29) is 0 Å². The molecule has 1 aliphatic rings. The molecule has 4 nitrogen and oxygen atoms in total. The first-order valence-electron chi connectivity index (χ1n) is 7.64. The maximum atomic E-state index is 5.91. The minimum atomic E-state index is 0.429. The summed E-state index contributed by atoms with van der Waals surface area (Å²) in [5.74, 6) is 1.22. The van der Waals surface area contributed by atoms with Crippen molar-refractivity contribution in [3.05, 3.63) is 65.0 Å². The highest BCUT2D eigenvalue weighted by Crippen LogP contribution is 2.33. The van der Waals surface area contributed by atoms with Gasteiger partial charge < -0.3 is 9.42 Å². The van der Waals surface area contributed by atoms with Crippen LogP contribution in [0, 0.1) is 0 Å². The van der Waals surface area contributed by atoms with Gasteiger partial charge >= 0.3 is 0 Å². The first kappa shape index (κ1) is 14.3. The van der Waals surface area contributed by atoms with E-state index in [1.165, 1.54) is 11.3 Å². The van der Waals surface area contributed by atoms with Gasteiger partial charge in [-0.05, 0) is 49.2 Å². The number of hydrogen-bond donors (Lipinski definition) is 0. The van der Waals surface area contributed by atoms with E-state index in [2.05, 4.69) is 46.2 Å². The predicted molar refractivity (Wildman–Crippen MR) is 90.5 cm³/mol. The summed E-state index contributed by atoms with van der Waals surface area (Å²) in [4.78, 5) is 6.83. The van der Waals surface area contributed by atoms with E-state index in [1.54, 1.807) is 0 Å². The fourth-order valence-electron chi connectivity index (χ4n) is 3.05. The minimum Gasteiger partial charge on any atom is -0.359 e. The van der Waals surface area contributed by atoms with Gasteiger partial charge in [-0.1, -0.05) is 35.0 Å². The van der Waals surface area contributed by atoms with Crippen LogP contribution in [0.5, 0.6) is 0 Å². The predicted octanol–water partition coefficient (Wildman–Crippen LogP) is 4.34. The fourth-order valence-corrected chi connectivity index (χ4v) is 3.18. The highest BCUT2D eigenvalue weighted by atomic mass is 35.5. The zero-order valence-corrected chi connectivity index (χ0v) is 13.5. The van der Waals surface area contributed by atoms with E-state index >= 15 is 0 Å². The Labute approximate surface area is 139 Å². The Kier molecular flexibility index (Phi) is 3.54. The van der Waals surface area contributed by atoms with Crippen LogP contribution in [0.25, 0.3) is 11.4 Å². The number of hydrogen-bond acceptors (Lipinski definition) is 4. The molecule has 0 bridgehead atoms. The van der Waals surface area contributed by atoms with E-state index in [9.17, 15) is 0 Å². The van der Waals surface area contributed by atoms with Crippen LogP contribution in [-0.2, 0) is 13.0 Å². The van der Waals surface area contributed by atoms with Crippen LogP contribution < -0.4 is 4.90 Å². The van der Waals surface area contributed by atoms with Gasteiger partial charge in [-0.3, -0.25) is 0 Å². The number of anilines is 1. The second kappa shape index (κ2) is 5.70. The molecule has 0 spiro atoms. The lowest BCUT2D eigenvalue weighted by Crippen LogP contribution is -2.28. The Morgan fingerprint density at radius 1 is 1.17 bits per heavy atom. The van der Waals surface area contributed by atoms with Gasteiger partial charge in [0.25, 0.3) is 0 Å². The van der Waals surface area contributed by atoms with Gasteiger partial charge in [0.1, 0.15) is 0 Å². The summed E-state index contributed by atoms with van der Waals surface area (Å²) in [5, 5.41) is 4.78. The Bertz CT molecular complexity index is 828. The largest absolute Gasteiger partial charge is 0.359 e. The summed E-state index contributed by atoms with van der Waals surface area (Å²) < 4.78 is 5.44. The normalized spacial score (nSPS) is 16.6. The molecule has 0 aliphatic carbocycles. The van der Waals surface area contributed by atoms with Crippen LogP contribution in [-0.4, -0.2) is 16.2 Å². The van der Waals surface area contributed by atoms with E-state index < -0.39 is 0 Å². The van der Waals surface area contributed by atoms with Crippen molar-refractivity contribution in [3.63, 3.8) is 0 Å². The monoisotopic (exact) mass is 325 g/mol. The Balaban J connectivity index is 1.57. The molecule has 0 saturated heterocycles. The number of benzene rings is 2. The van der Waals surface area contributed by atoms with Crippen molar-refractivity contribution in [2.45, 2.75) is 25.9 Å². The molecule has 2 aromatic carbocycles. The molecule has 0 saturated carbocycles. The minimum absolute atomic E-state index is 0.429. The molecular formula is C18H16ClN3O. The molecule has 3 aromatic rings. The summed E-state index contributed by atoms with van der Waals surface area (Å²) in [5.41, 5.74) is 3.53. The van der Waals surface area contributed by atoms with Gasteiger partial charge in [0.2, 0.25) is 11.7 Å². The molecule has 5 heteroatoms. The van der Waals surface area contributed by atoms with Crippen LogP contribution >= 0.6 is 11.6 Å². The number of nitrogens with zero attached hydrogens (tertiary/aromatic N) is 3. The maximum Gasteiger partial charge on any atom is 0.246 e. The molecule has 23 heavy (non-hydrogen) atoms. The lowest BCUT2D eigenvalue weighted by atomic mass is 10.1. The Hall–Kier alpha value is -2.33. The molecule has 0 amide bonds. The molecule has 0 radical (unpaired) electrons. The third-order valence-electron chi connectivity index (χ3n) is 4.22. The second-order valence-electron chi connectivity index (χ2n) is 5.83. The van der Waals surface area contributed by atoms with Gasteiger partial charge in [0, 0.05) is 22.3 Å². The van der Waals surface area contributed by atoms with Crippen LogP contribution in [0.2, 0.25) is 5.02 Å². The molecule has 2 heterocycles. The quantitative estimate of drug-likeness (QED) is 0.718. The zero-order chi connectivity index (χ0) is 15.8. The van der Waals surface area contributed by atoms with Crippen molar-refractivity contribution in [2.75, 3.05) is 4.90 Å². The van der Waals surface area contributed by atoms with Crippen molar-refractivity contribution < 1.29 is 4.52 Å². The average Bonchev–Trinajstić information content (AvgIpc) is 3.14. The van der Waals surface area contributed by atoms with Crippen molar-refractivity contribution in [3.8, 4) is 11.4 Å². The number of fused-ring (bicyclic) bond motifs is 1. The van der Waals surface area contributed by atoms with Gasteiger partial charge in [0.05, 0.1) is 6.54 Å². The average molecular weight is 326 g/mol. The highest BCUT2D eigenvalue weighted by molar-refractivity contribution is 6.30. The van der Waals surface area contributed by atoms with E-state index in [0.717, 1.165) is 12.0 Å². The molecule has 0 fully saturated rings. The molecule has 1 aromatic heterocycles. The number of aromatic nitrogens is 2. The third kappa shape index (κ3) is 2.70. The van der Waals surface area contributed by atoms with Crippen molar-refractivity contribution in [1.29, 1.82) is 0 Å². The van der Waals surface area contributed by atoms with Crippen LogP contribution in [0.4, 0.5) is 5.69 Å². The molecule has 0 N–H and O–H groups in total. The van der Waals surface area contributed by atoms with Crippen molar-refractivity contribution in [2.24, 2.45) is 0 Å². The van der Waals surface area contributed by atoms with E-state index in [4.69, 9.17) is 16.1 Å². The SMILES string of the molecule is C[C@H]1Cc2ccccc2N1Cc1nc(-c2ccc(Cl)cc2)no1. The Morgan fingerprint density at radius 3 is 2.78 bits per heavy atom. The van der Waals surface area contributed by atoms with Gasteiger partial charge in [-0.25, -0.2) is 0 Å². The van der Waals surface area contributed by atoms with Crippen molar-refractivity contribution >= 4 is 17.3 Å². The lowest BCUT2D eigenvalue weighted by Gasteiger charge is -2.22. The zero-order valence-electron chi connectivity index (χ0n) is 12.7. The summed E-state index contributed by atoms with van der Waals surface area (Å²) in [6.07, 6.45) is 1.05. The molecule has 0 unspecified atom stereocenters. The first-order valence-corrected chi connectivity index (χ1v) is 8.01. The van der Waals surface area contributed by atoms with Gasteiger partial charge in [0.15, 0.2) is 0 Å². The summed E-state index contributed by atoms with van der Waals surface area (Å²) in [7, 11) is 0. The maximum absolute atomic E-state index is 5.91. The molecule has 116 valence electrons. The summed E-state index contributed by atoms with van der Waals surface area (Å²) in [6, 6.07) is 16.3. The summed E-state index contributed by atoms with van der Waals surface area (Å²) in [6.45, 7) is 2.84. The second-order valence-corrected chi connectivity index (χ2v) is 6.26. The number of para-hydroxylation sites is 1. The molecular weight excluding hydrogens is 310 g/mol. The molecule has 1 aliphatic heterocycles. The van der Waals surface area contributed by atoms with Crippen molar-refractivity contribution in [1.82, 2.24) is 10.1 Å². The molecule has 4 rings (SSSR count). The van der Waals surface area contributed by atoms with E-state index in [1.807, 2.05) is 24.3 Å². The van der Waals surface area contributed by atoms with Crippen LogP contribution in [0.1, 0.15) is 18.4 Å². The topological polar surface area (TPSA) is 42.2 Å². The lowest BCUT2D eigenvalue weighted by molar-refractivity contribution is 0.374. The summed E-state index contributed by atoms with van der Waals surface area (Å²) >= 11 is 5.91.